The Bertz CT molecular complexity index is 768. The third-order valence-corrected chi connectivity index (χ3v) is 5.35. The molecule has 25 heavy (non-hydrogen) atoms. The minimum Gasteiger partial charge on any atom is -0.425 e. The summed E-state index contributed by atoms with van der Waals surface area (Å²) in [6.07, 6.45) is 4.90. The zero-order chi connectivity index (χ0) is 17.4. The number of piperidine rings is 3. The molecule has 1 N–H and O–H groups in total. The topological polar surface area (TPSA) is 67.6 Å². The van der Waals surface area contributed by atoms with Gasteiger partial charge in [0.25, 0.3) is 11.3 Å². The van der Waals surface area contributed by atoms with Gasteiger partial charge in [-0.05, 0) is 68.0 Å². The van der Waals surface area contributed by atoms with Gasteiger partial charge < -0.3 is 14.5 Å². The van der Waals surface area contributed by atoms with E-state index in [2.05, 4.69) is 22.1 Å². The third kappa shape index (κ3) is 3.37. The smallest absolute Gasteiger partial charge is 0.311 e. The zero-order valence-corrected chi connectivity index (χ0v) is 14.8. The molecule has 1 amide bonds. The molecule has 0 radical (unpaired) electrons. The Morgan fingerprint density at radius 1 is 1.36 bits per heavy atom. The molecule has 1 atom stereocenters. The molecule has 2 bridgehead atoms. The van der Waals surface area contributed by atoms with Gasteiger partial charge in [0, 0.05) is 18.7 Å². The molecular formula is C18H20ClN3O3. The average molecular weight is 362 g/mol. The second-order valence-corrected chi connectivity index (χ2v) is 7.24. The van der Waals surface area contributed by atoms with Crippen LogP contribution >= 0.6 is 11.6 Å². The summed E-state index contributed by atoms with van der Waals surface area (Å²) < 4.78 is 10.5. The number of hydrogen-bond donors (Lipinski definition) is 1. The number of aromatic nitrogens is 1. The van der Waals surface area contributed by atoms with E-state index in [1.807, 2.05) is 0 Å². The fourth-order valence-corrected chi connectivity index (χ4v) is 3.97. The molecule has 7 heteroatoms. The van der Waals surface area contributed by atoms with E-state index < -0.39 is 0 Å². The van der Waals surface area contributed by atoms with Gasteiger partial charge in [0.2, 0.25) is 0 Å². The van der Waals surface area contributed by atoms with Crippen LogP contribution in [0.15, 0.2) is 34.9 Å². The van der Waals surface area contributed by atoms with Crippen LogP contribution in [-0.4, -0.2) is 34.5 Å². The number of rotatable bonds is 4. The predicted octanol–water partition coefficient (Wildman–Crippen LogP) is 3.68. The van der Waals surface area contributed by atoms with Crippen LogP contribution in [0.25, 0.3) is 0 Å². The lowest BCUT2D eigenvalue weighted by molar-refractivity contribution is -0.0346. The van der Waals surface area contributed by atoms with Crippen LogP contribution in [0.4, 0.5) is 0 Å². The largest absolute Gasteiger partial charge is 0.425 e. The van der Waals surface area contributed by atoms with E-state index in [9.17, 15) is 4.79 Å². The molecule has 3 saturated heterocycles. The molecule has 3 aliphatic rings. The number of amides is 1. The van der Waals surface area contributed by atoms with Gasteiger partial charge >= 0.3 is 5.95 Å². The number of ether oxygens (including phenoxy) is 1. The van der Waals surface area contributed by atoms with Crippen LogP contribution in [0.3, 0.4) is 0 Å². The zero-order valence-electron chi connectivity index (χ0n) is 14.0. The monoisotopic (exact) mass is 361 g/mol. The Morgan fingerprint density at radius 3 is 2.64 bits per heavy atom. The first-order chi connectivity index (χ1) is 12.0. The van der Waals surface area contributed by atoms with E-state index in [4.69, 9.17) is 20.8 Å². The molecule has 0 saturated carbocycles. The molecule has 0 spiro atoms. The van der Waals surface area contributed by atoms with Gasteiger partial charge in [-0.2, -0.15) is 0 Å². The highest BCUT2D eigenvalue weighted by atomic mass is 35.5. The van der Waals surface area contributed by atoms with Crippen molar-refractivity contribution >= 4 is 17.5 Å². The van der Waals surface area contributed by atoms with Crippen LogP contribution in [0.1, 0.15) is 36.5 Å². The van der Waals surface area contributed by atoms with Crippen molar-refractivity contribution in [1.82, 2.24) is 15.2 Å². The van der Waals surface area contributed by atoms with Crippen LogP contribution < -0.4 is 10.1 Å². The van der Waals surface area contributed by atoms with Crippen molar-refractivity contribution in [2.24, 2.45) is 5.92 Å². The van der Waals surface area contributed by atoms with Crippen LogP contribution in [0, 0.1) is 5.92 Å². The van der Waals surface area contributed by atoms with Crippen molar-refractivity contribution < 1.29 is 13.9 Å². The normalized spacial score (nSPS) is 27.9. The third-order valence-electron chi connectivity index (χ3n) is 5.17. The molecule has 0 unspecified atom stereocenters. The van der Waals surface area contributed by atoms with Crippen molar-refractivity contribution in [2.75, 3.05) is 13.1 Å². The fraction of sp³-hybridized carbons (Fsp3) is 0.444. The first kappa shape index (κ1) is 16.4. The highest BCUT2D eigenvalue weighted by molar-refractivity contribution is 6.27. The van der Waals surface area contributed by atoms with E-state index in [0.717, 1.165) is 25.4 Å². The van der Waals surface area contributed by atoms with Gasteiger partial charge in [-0.3, -0.25) is 9.69 Å². The molecule has 132 valence electrons. The summed E-state index contributed by atoms with van der Waals surface area (Å²) in [5.74, 6) is 1.42. The quantitative estimate of drug-likeness (QED) is 0.899. The summed E-state index contributed by atoms with van der Waals surface area (Å²) in [5.41, 5.74) is 0.358. The molecule has 1 aromatic carbocycles. The van der Waals surface area contributed by atoms with Crippen molar-refractivity contribution in [3.63, 3.8) is 0 Å². The molecule has 6 nitrogen and oxygen atoms in total. The maximum absolute atomic E-state index is 12.6. The predicted molar refractivity (Wildman–Crippen MR) is 92.8 cm³/mol. The number of nitrogens with zero attached hydrogens (tertiary/aromatic N) is 2. The van der Waals surface area contributed by atoms with Crippen LogP contribution in [-0.2, 0) is 0 Å². The van der Waals surface area contributed by atoms with E-state index in [1.54, 1.807) is 24.3 Å². The molecule has 4 heterocycles. The number of fused-ring (bicyclic) bond motifs is 3. The molecule has 3 fully saturated rings. The van der Waals surface area contributed by atoms with Gasteiger partial charge in [-0.15, -0.1) is 0 Å². The minimum atomic E-state index is -0.246. The number of carbonyl (C=O) groups is 1. The highest BCUT2D eigenvalue weighted by Gasteiger charge is 2.43. The second-order valence-electron chi connectivity index (χ2n) is 6.92. The summed E-state index contributed by atoms with van der Waals surface area (Å²) in [7, 11) is 0. The van der Waals surface area contributed by atoms with Crippen molar-refractivity contribution in [2.45, 2.75) is 31.8 Å². The molecule has 3 aliphatic heterocycles. The second kappa shape index (κ2) is 6.35. The summed E-state index contributed by atoms with van der Waals surface area (Å²) in [4.78, 5) is 18.8. The van der Waals surface area contributed by atoms with E-state index in [1.165, 1.54) is 19.0 Å². The van der Waals surface area contributed by atoms with Gasteiger partial charge in [0.1, 0.15) is 11.9 Å². The summed E-state index contributed by atoms with van der Waals surface area (Å²) in [6.45, 7) is 4.25. The molecular weight excluding hydrogens is 342 g/mol. The first-order valence-corrected chi connectivity index (χ1v) is 8.86. The lowest BCUT2D eigenvalue weighted by Gasteiger charge is -2.52. The molecule has 1 aromatic heterocycles. The van der Waals surface area contributed by atoms with Crippen molar-refractivity contribution in [3.05, 3.63) is 41.4 Å². The number of nitrogens with one attached hydrogen (secondary N) is 1. The minimum absolute atomic E-state index is 0.0241. The van der Waals surface area contributed by atoms with E-state index in [0.29, 0.717) is 11.3 Å². The number of carbonyl (C=O) groups excluding carboxylic acids is 1. The van der Waals surface area contributed by atoms with E-state index in [-0.39, 0.29) is 22.9 Å². The number of hydrogen-bond acceptors (Lipinski definition) is 5. The van der Waals surface area contributed by atoms with Crippen LogP contribution in [0.2, 0.25) is 5.35 Å². The SMILES string of the molecule is C[C@@]1(NC(=O)c2ccc(Oc3cnc(Cl)o3)cc2)CC2CCN1CC2. The fourth-order valence-electron chi connectivity index (χ4n) is 3.85. The van der Waals surface area contributed by atoms with Crippen LogP contribution in [0.5, 0.6) is 11.7 Å². The summed E-state index contributed by atoms with van der Waals surface area (Å²) >= 11 is 5.61. The first-order valence-electron chi connectivity index (χ1n) is 8.49. The molecule has 2 aromatic rings. The van der Waals surface area contributed by atoms with Gasteiger partial charge in [-0.25, -0.2) is 4.98 Å². The Labute approximate surface area is 151 Å². The van der Waals surface area contributed by atoms with Crippen molar-refractivity contribution in [3.8, 4) is 11.7 Å². The average Bonchev–Trinajstić information content (AvgIpc) is 3.01. The van der Waals surface area contributed by atoms with Gasteiger partial charge in [-0.1, -0.05) is 0 Å². The number of halogens is 1. The highest BCUT2D eigenvalue weighted by Crippen LogP contribution is 2.37. The summed E-state index contributed by atoms with van der Waals surface area (Å²) in [6, 6.07) is 6.92. The lowest BCUT2D eigenvalue weighted by Crippen LogP contribution is -2.65. The Balaban J connectivity index is 1.42. The standard InChI is InChI=1S/C18H20ClN3O3/c1-18(10-12-6-8-22(18)9-7-12)21-16(23)13-2-4-14(5-3-13)24-15-11-20-17(19)25-15/h2-5,11-12H,6-10H2,1H3,(H,21,23)/t18-/m0/s1. The molecule has 5 rings (SSSR count). The Kier molecular flexibility index (Phi) is 4.17. The van der Waals surface area contributed by atoms with Gasteiger partial charge in [0.05, 0.1) is 5.66 Å². The van der Waals surface area contributed by atoms with Crippen molar-refractivity contribution in [1.29, 1.82) is 0 Å². The Hall–Kier alpha value is -2.05. The van der Waals surface area contributed by atoms with Gasteiger partial charge in [0.15, 0.2) is 0 Å². The lowest BCUT2D eigenvalue weighted by atomic mass is 9.80. The molecule has 0 aliphatic carbocycles. The number of oxazole rings is 1. The number of benzene rings is 1. The summed E-state index contributed by atoms with van der Waals surface area (Å²) in [5, 5.41) is 3.24. The maximum atomic E-state index is 12.6. The van der Waals surface area contributed by atoms with E-state index >= 15 is 0 Å². The Morgan fingerprint density at radius 2 is 2.08 bits per heavy atom. The maximum Gasteiger partial charge on any atom is 0.311 e.